The highest BCUT2D eigenvalue weighted by atomic mass is 32.2. The predicted octanol–water partition coefficient (Wildman–Crippen LogP) is 6.31. The topological polar surface area (TPSA) is 69.9 Å². The van der Waals surface area contributed by atoms with Crippen LogP contribution in [0.5, 0.6) is 0 Å². The Balaban J connectivity index is 1.48. The SMILES string of the molecule is C=C1/C(=C\C=C2/CCC[C@]3(C)[C@@H]([C@H](C)CCS(=O)(=NC)c4ccccc4)CC[C@@H]23)C[C@H](O)C[C@H]1O. The minimum atomic E-state index is -2.37. The third kappa shape index (κ3) is 5.38. The van der Waals surface area contributed by atoms with Crippen LogP contribution in [0.3, 0.4) is 0 Å². The van der Waals surface area contributed by atoms with Crippen LogP contribution in [0.15, 0.2) is 75.0 Å². The van der Waals surface area contributed by atoms with Gasteiger partial charge in [-0.1, -0.05) is 56.4 Å². The van der Waals surface area contributed by atoms with E-state index in [0.717, 1.165) is 28.9 Å². The zero-order chi connectivity index (χ0) is 25.2. The molecule has 0 saturated heterocycles. The minimum Gasteiger partial charge on any atom is -0.393 e. The van der Waals surface area contributed by atoms with Gasteiger partial charge >= 0.3 is 0 Å². The van der Waals surface area contributed by atoms with Crippen molar-refractivity contribution in [2.75, 3.05) is 12.8 Å². The molecule has 0 radical (unpaired) electrons. The first-order valence-corrected chi connectivity index (χ1v) is 15.0. The van der Waals surface area contributed by atoms with Gasteiger partial charge in [-0.3, -0.25) is 0 Å². The highest BCUT2D eigenvalue weighted by Gasteiger charge is 2.50. The molecule has 0 spiro atoms. The summed E-state index contributed by atoms with van der Waals surface area (Å²) >= 11 is 0. The molecule has 0 amide bonds. The second-order valence-electron chi connectivity index (χ2n) is 11.3. The predicted molar refractivity (Wildman–Crippen MR) is 145 cm³/mol. The first kappa shape index (κ1) is 26.4. The molecule has 1 unspecified atom stereocenters. The minimum absolute atomic E-state index is 0.265. The Kier molecular flexibility index (Phi) is 8.09. The molecule has 0 bridgehead atoms. The number of benzene rings is 1. The third-order valence-electron chi connectivity index (χ3n) is 9.25. The van der Waals surface area contributed by atoms with Crippen LogP contribution in [0, 0.1) is 23.2 Å². The normalized spacial score (nSPS) is 36.1. The van der Waals surface area contributed by atoms with Crippen LogP contribution in [0.25, 0.3) is 0 Å². The highest BCUT2D eigenvalue weighted by Crippen LogP contribution is 2.59. The molecule has 1 aromatic rings. The van der Waals surface area contributed by atoms with Gasteiger partial charge in [-0.05, 0) is 91.4 Å². The average molecular weight is 498 g/mol. The van der Waals surface area contributed by atoms with Crippen LogP contribution >= 0.6 is 0 Å². The molecule has 2 N–H and O–H groups in total. The lowest BCUT2D eigenvalue weighted by Crippen LogP contribution is -2.36. The fourth-order valence-corrected chi connectivity index (χ4v) is 9.08. The zero-order valence-electron chi connectivity index (χ0n) is 21.7. The van der Waals surface area contributed by atoms with Gasteiger partial charge in [0.05, 0.1) is 21.9 Å². The van der Waals surface area contributed by atoms with E-state index >= 15 is 0 Å². The Hall–Kier alpha value is -1.69. The van der Waals surface area contributed by atoms with Crippen molar-refractivity contribution in [1.29, 1.82) is 0 Å². The summed E-state index contributed by atoms with van der Waals surface area (Å²) in [6, 6.07) is 9.74. The van der Waals surface area contributed by atoms with E-state index in [2.05, 4.69) is 36.9 Å². The first-order valence-electron chi connectivity index (χ1n) is 13.3. The monoisotopic (exact) mass is 497 g/mol. The summed E-state index contributed by atoms with van der Waals surface area (Å²) in [4.78, 5) is 0.848. The Morgan fingerprint density at radius 3 is 2.69 bits per heavy atom. The molecule has 3 aliphatic rings. The van der Waals surface area contributed by atoms with Gasteiger partial charge in [0.15, 0.2) is 0 Å². The lowest BCUT2D eigenvalue weighted by molar-refractivity contribution is 0.0861. The van der Waals surface area contributed by atoms with E-state index in [1.807, 2.05) is 30.3 Å². The lowest BCUT2D eigenvalue weighted by Gasteiger charge is -2.44. The number of fused-ring (bicyclic) bond motifs is 1. The molecule has 0 aromatic heterocycles. The van der Waals surface area contributed by atoms with Gasteiger partial charge in [0.2, 0.25) is 0 Å². The molecule has 1 aromatic carbocycles. The van der Waals surface area contributed by atoms with Crippen LogP contribution in [-0.4, -0.2) is 39.4 Å². The van der Waals surface area contributed by atoms with Gasteiger partial charge in [-0.15, -0.1) is 0 Å². The molecule has 3 fully saturated rings. The number of aliphatic hydroxyl groups excluding tert-OH is 2. The summed E-state index contributed by atoms with van der Waals surface area (Å²) in [7, 11) is -0.676. The van der Waals surface area contributed by atoms with Gasteiger partial charge in [0.25, 0.3) is 0 Å². The van der Waals surface area contributed by atoms with Crippen molar-refractivity contribution in [1.82, 2.24) is 0 Å². The maximum Gasteiger partial charge on any atom is 0.0811 e. The van der Waals surface area contributed by atoms with Gasteiger partial charge in [0.1, 0.15) is 0 Å². The number of hydrogen-bond donors (Lipinski definition) is 2. The molecule has 4 rings (SSSR count). The van der Waals surface area contributed by atoms with E-state index in [9.17, 15) is 14.4 Å². The van der Waals surface area contributed by atoms with Crippen molar-refractivity contribution in [2.24, 2.45) is 27.5 Å². The standard InChI is InChI=1S/C30H43NO3S/c1-21(16-18-35(34,31-4)26-10-6-5-7-11-26)27-14-15-28-23(9-8-17-30(27,28)3)12-13-24-19-25(32)20-29(33)22(24)2/h5-7,10-13,21,25,27-29,32-33H,2,8-9,14-20H2,1,3-4H3/b23-12+,24-13-/t21-,25+,27-,28+,29-,30-,35?/m1/s1. The van der Waals surface area contributed by atoms with Crippen molar-refractivity contribution in [3.8, 4) is 0 Å². The van der Waals surface area contributed by atoms with E-state index in [-0.39, 0.29) is 5.41 Å². The van der Waals surface area contributed by atoms with Gasteiger partial charge in [-0.2, -0.15) is 0 Å². The molecular weight excluding hydrogens is 454 g/mol. The smallest absolute Gasteiger partial charge is 0.0811 e. The molecular formula is C30H43NO3S. The maximum absolute atomic E-state index is 13.6. The van der Waals surface area contributed by atoms with E-state index in [1.54, 1.807) is 7.05 Å². The van der Waals surface area contributed by atoms with Crippen LogP contribution in [0.4, 0.5) is 0 Å². The summed E-state index contributed by atoms with van der Waals surface area (Å²) in [5.41, 5.74) is 3.52. The lowest BCUT2D eigenvalue weighted by atomic mass is 9.61. The second kappa shape index (κ2) is 10.7. The Morgan fingerprint density at radius 2 is 1.97 bits per heavy atom. The molecule has 3 aliphatic carbocycles. The number of allylic oxidation sites excluding steroid dienone is 3. The van der Waals surface area contributed by atoms with Crippen LogP contribution in [0.2, 0.25) is 0 Å². The van der Waals surface area contributed by atoms with Gasteiger partial charge < -0.3 is 10.2 Å². The summed E-state index contributed by atoms with van der Waals surface area (Å²) in [5.74, 6) is 2.31. The van der Waals surface area contributed by atoms with E-state index < -0.39 is 21.9 Å². The number of nitrogens with zero attached hydrogens (tertiary/aromatic N) is 1. The molecule has 3 saturated carbocycles. The largest absolute Gasteiger partial charge is 0.393 e. The molecule has 0 heterocycles. The van der Waals surface area contributed by atoms with Crippen molar-refractivity contribution in [2.45, 2.75) is 82.3 Å². The van der Waals surface area contributed by atoms with Crippen molar-refractivity contribution < 1.29 is 14.4 Å². The fraction of sp³-hybridized carbons (Fsp3) is 0.600. The summed E-state index contributed by atoms with van der Waals surface area (Å²) in [6.45, 7) is 8.91. The average Bonchev–Trinajstić information content (AvgIpc) is 3.21. The number of aliphatic hydroxyl groups is 2. The van der Waals surface area contributed by atoms with Gasteiger partial charge in [-0.25, -0.2) is 8.57 Å². The molecule has 0 aliphatic heterocycles. The van der Waals surface area contributed by atoms with Crippen molar-refractivity contribution in [3.63, 3.8) is 0 Å². The first-order chi connectivity index (χ1) is 16.7. The Bertz CT molecular complexity index is 1100. The molecule has 192 valence electrons. The summed E-state index contributed by atoms with van der Waals surface area (Å²) in [5, 5.41) is 20.3. The summed E-state index contributed by atoms with van der Waals surface area (Å²) < 4.78 is 17.9. The van der Waals surface area contributed by atoms with E-state index in [0.29, 0.717) is 36.3 Å². The maximum atomic E-state index is 13.6. The Morgan fingerprint density at radius 1 is 1.23 bits per heavy atom. The van der Waals surface area contributed by atoms with Crippen LogP contribution in [-0.2, 0) is 9.73 Å². The van der Waals surface area contributed by atoms with Gasteiger partial charge in [0, 0.05) is 24.1 Å². The van der Waals surface area contributed by atoms with E-state index in [4.69, 9.17) is 0 Å². The molecule has 5 heteroatoms. The third-order valence-corrected chi connectivity index (χ3v) is 11.6. The van der Waals surface area contributed by atoms with E-state index in [1.165, 1.54) is 31.3 Å². The highest BCUT2D eigenvalue weighted by molar-refractivity contribution is 7.93. The zero-order valence-corrected chi connectivity index (χ0v) is 22.5. The second-order valence-corrected chi connectivity index (χ2v) is 13.8. The summed E-state index contributed by atoms with van der Waals surface area (Å²) in [6.07, 6.45) is 11.1. The number of rotatable bonds is 6. The fourth-order valence-electron chi connectivity index (χ4n) is 7.17. The quantitative estimate of drug-likeness (QED) is 0.484. The Labute approximate surface area is 212 Å². The molecule has 4 nitrogen and oxygen atoms in total. The van der Waals surface area contributed by atoms with Crippen molar-refractivity contribution in [3.05, 3.63) is 65.8 Å². The van der Waals surface area contributed by atoms with Crippen LogP contribution in [0.1, 0.15) is 65.2 Å². The number of hydrogen-bond acceptors (Lipinski definition) is 4. The molecule has 7 atom stereocenters. The van der Waals surface area contributed by atoms with Crippen LogP contribution < -0.4 is 0 Å². The molecule has 35 heavy (non-hydrogen) atoms. The van der Waals surface area contributed by atoms with Crippen molar-refractivity contribution >= 4 is 9.73 Å².